The molecule has 2 unspecified atom stereocenters. The summed E-state index contributed by atoms with van der Waals surface area (Å²) in [7, 11) is 0. The Balaban J connectivity index is 2.23. The number of allylic oxidation sites excluding steroid dienone is 2. The van der Waals surface area contributed by atoms with Crippen LogP contribution in [0.15, 0.2) is 27.9 Å². The second kappa shape index (κ2) is 4.26. The molecule has 1 aromatic heterocycles. The number of fused-ring (bicyclic) bond motifs is 4. The molecule has 3 atom stereocenters. The van der Waals surface area contributed by atoms with Crippen LogP contribution in [0.4, 0.5) is 0 Å². The number of aryl methyl sites for hydroxylation is 1. The zero-order chi connectivity index (χ0) is 14.7. The van der Waals surface area contributed by atoms with Gasteiger partial charge in [-0.3, -0.25) is 0 Å². The fourth-order valence-corrected chi connectivity index (χ4v) is 5.22. The number of hydrogen-bond donors (Lipinski definition) is 0. The van der Waals surface area contributed by atoms with Gasteiger partial charge in [0.2, 0.25) is 0 Å². The molecule has 0 spiro atoms. The molecule has 0 N–H and O–H groups in total. The Labute approximate surface area is 123 Å². The summed E-state index contributed by atoms with van der Waals surface area (Å²) in [5.74, 6) is 2.50. The number of rotatable bonds is 0. The molecular weight excluding hydrogens is 244 g/mol. The maximum atomic E-state index is 5.93. The molecule has 1 nitrogen and oxygen atoms in total. The molecule has 3 rings (SSSR count). The van der Waals surface area contributed by atoms with Crippen LogP contribution in [0.2, 0.25) is 0 Å². The van der Waals surface area contributed by atoms with Crippen molar-refractivity contribution in [3.8, 4) is 0 Å². The van der Waals surface area contributed by atoms with E-state index >= 15 is 0 Å². The van der Waals surface area contributed by atoms with Crippen LogP contribution in [-0.4, -0.2) is 0 Å². The summed E-state index contributed by atoms with van der Waals surface area (Å²) in [5.41, 5.74) is 5.24. The van der Waals surface area contributed by atoms with Gasteiger partial charge < -0.3 is 4.42 Å². The topological polar surface area (TPSA) is 13.1 Å². The van der Waals surface area contributed by atoms with Crippen molar-refractivity contribution in [1.29, 1.82) is 0 Å². The third kappa shape index (κ3) is 1.61. The molecule has 20 heavy (non-hydrogen) atoms. The van der Waals surface area contributed by atoms with Crippen LogP contribution in [0, 0.1) is 16.7 Å². The molecule has 1 heteroatoms. The van der Waals surface area contributed by atoms with E-state index in [9.17, 15) is 0 Å². The maximum Gasteiger partial charge on any atom is 0.110 e. The average molecular weight is 272 g/mol. The summed E-state index contributed by atoms with van der Waals surface area (Å²) in [4.78, 5) is 0. The minimum atomic E-state index is 0.259. The minimum absolute atomic E-state index is 0.259. The smallest absolute Gasteiger partial charge is 0.110 e. The van der Waals surface area contributed by atoms with Crippen LogP contribution < -0.4 is 0 Å². The third-order valence-corrected chi connectivity index (χ3v) is 6.50. The highest BCUT2D eigenvalue weighted by Gasteiger charge is 2.56. The molecule has 0 amide bonds. The van der Waals surface area contributed by atoms with E-state index in [-0.39, 0.29) is 10.8 Å². The molecule has 1 aromatic rings. The van der Waals surface area contributed by atoms with Gasteiger partial charge in [-0.15, -0.1) is 0 Å². The van der Waals surface area contributed by atoms with Crippen LogP contribution in [-0.2, 0) is 6.42 Å². The van der Waals surface area contributed by atoms with E-state index in [1.54, 1.807) is 5.57 Å². The standard InChI is InChI=1S/C19H28O/c1-12(2)16-13(3)11-15-17-14(8-10-20-17)7-9-19(16,6)18(15,4)5/h8,10,13,15H,7,9,11H2,1-6H3/t13-,15?,19?/m0/s1. The lowest BCUT2D eigenvalue weighted by molar-refractivity contribution is 0.0319. The highest BCUT2D eigenvalue weighted by atomic mass is 16.3. The van der Waals surface area contributed by atoms with Gasteiger partial charge >= 0.3 is 0 Å². The molecule has 2 aliphatic rings. The molecule has 1 saturated carbocycles. The molecule has 0 saturated heterocycles. The first-order valence-corrected chi connectivity index (χ1v) is 8.03. The van der Waals surface area contributed by atoms with Crippen molar-refractivity contribution in [3.05, 3.63) is 34.8 Å². The Kier molecular flexibility index (Phi) is 2.97. The van der Waals surface area contributed by atoms with Gasteiger partial charge in [0.15, 0.2) is 0 Å². The zero-order valence-electron chi connectivity index (χ0n) is 13.8. The Morgan fingerprint density at radius 2 is 1.95 bits per heavy atom. The Bertz CT molecular complexity index is 556. The van der Waals surface area contributed by atoms with Crippen molar-refractivity contribution in [2.24, 2.45) is 16.7 Å². The Morgan fingerprint density at radius 1 is 1.25 bits per heavy atom. The second-order valence-corrected chi connectivity index (χ2v) is 7.97. The monoisotopic (exact) mass is 272 g/mol. The fourth-order valence-electron chi connectivity index (χ4n) is 5.22. The largest absolute Gasteiger partial charge is 0.469 e. The normalized spacial score (nSPS) is 35.4. The first-order valence-electron chi connectivity index (χ1n) is 8.03. The second-order valence-electron chi connectivity index (χ2n) is 7.97. The van der Waals surface area contributed by atoms with Crippen molar-refractivity contribution in [2.75, 3.05) is 0 Å². The van der Waals surface area contributed by atoms with Crippen molar-refractivity contribution in [1.82, 2.24) is 0 Å². The van der Waals surface area contributed by atoms with Crippen LogP contribution in [0.1, 0.15) is 71.6 Å². The van der Waals surface area contributed by atoms with E-state index in [1.807, 2.05) is 6.26 Å². The van der Waals surface area contributed by atoms with E-state index in [0.717, 1.165) is 6.42 Å². The summed E-state index contributed by atoms with van der Waals surface area (Å²) in [6, 6.07) is 2.20. The van der Waals surface area contributed by atoms with Gasteiger partial charge in [-0.05, 0) is 61.5 Å². The van der Waals surface area contributed by atoms with E-state index in [4.69, 9.17) is 4.42 Å². The first-order chi connectivity index (χ1) is 9.29. The van der Waals surface area contributed by atoms with Gasteiger partial charge in [0.25, 0.3) is 0 Å². The van der Waals surface area contributed by atoms with E-state index in [2.05, 4.69) is 47.6 Å². The van der Waals surface area contributed by atoms with Gasteiger partial charge in [-0.1, -0.05) is 38.8 Å². The van der Waals surface area contributed by atoms with Crippen LogP contribution >= 0.6 is 0 Å². The molecule has 2 bridgehead atoms. The Hall–Kier alpha value is -0.980. The molecule has 1 heterocycles. The summed E-state index contributed by atoms with van der Waals surface area (Å²) < 4.78 is 5.93. The molecular formula is C19H28O. The molecule has 110 valence electrons. The number of furan rings is 1. The quantitative estimate of drug-likeness (QED) is 0.551. The highest BCUT2D eigenvalue weighted by Crippen LogP contribution is 2.65. The van der Waals surface area contributed by atoms with Gasteiger partial charge in [0, 0.05) is 5.92 Å². The Morgan fingerprint density at radius 3 is 2.60 bits per heavy atom. The SMILES string of the molecule is CC(C)=C1[C@@H](C)CC2c3occc3CCC1(C)C2(C)C. The van der Waals surface area contributed by atoms with Crippen molar-refractivity contribution >= 4 is 0 Å². The predicted octanol–water partition coefficient (Wildman–Crippen LogP) is 5.72. The van der Waals surface area contributed by atoms with Gasteiger partial charge in [0.05, 0.1) is 6.26 Å². The zero-order valence-corrected chi connectivity index (χ0v) is 13.8. The summed E-state index contributed by atoms with van der Waals surface area (Å²) in [6.45, 7) is 14.4. The van der Waals surface area contributed by atoms with Crippen LogP contribution in [0.25, 0.3) is 0 Å². The van der Waals surface area contributed by atoms with E-state index < -0.39 is 0 Å². The molecule has 0 aromatic carbocycles. The molecule has 1 fully saturated rings. The van der Waals surface area contributed by atoms with Crippen LogP contribution in [0.3, 0.4) is 0 Å². The minimum Gasteiger partial charge on any atom is -0.469 e. The van der Waals surface area contributed by atoms with Gasteiger partial charge in [0.1, 0.15) is 5.76 Å². The average Bonchev–Trinajstić information content (AvgIpc) is 2.77. The van der Waals surface area contributed by atoms with E-state index in [1.165, 1.54) is 29.7 Å². The van der Waals surface area contributed by atoms with Gasteiger partial charge in [-0.2, -0.15) is 0 Å². The summed E-state index contributed by atoms with van der Waals surface area (Å²) in [5, 5.41) is 0. The van der Waals surface area contributed by atoms with Crippen molar-refractivity contribution in [3.63, 3.8) is 0 Å². The van der Waals surface area contributed by atoms with Crippen LogP contribution in [0.5, 0.6) is 0 Å². The lowest BCUT2D eigenvalue weighted by Crippen LogP contribution is -2.47. The molecule has 0 radical (unpaired) electrons. The van der Waals surface area contributed by atoms with Crippen molar-refractivity contribution in [2.45, 2.75) is 66.7 Å². The summed E-state index contributed by atoms with van der Waals surface area (Å²) >= 11 is 0. The fraction of sp³-hybridized carbons (Fsp3) is 0.684. The van der Waals surface area contributed by atoms with E-state index in [0.29, 0.717) is 11.8 Å². The van der Waals surface area contributed by atoms with Crippen molar-refractivity contribution < 1.29 is 4.42 Å². The first kappa shape index (κ1) is 14.0. The molecule has 2 aliphatic carbocycles. The highest BCUT2D eigenvalue weighted by molar-refractivity contribution is 5.36. The predicted molar refractivity (Wildman–Crippen MR) is 83.8 cm³/mol. The third-order valence-electron chi connectivity index (χ3n) is 6.50. The molecule has 0 aliphatic heterocycles. The maximum absolute atomic E-state index is 5.93. The number of hydrogen-bond acceptors (Lipinski definition) is 1. The lowest BCUT2D eigenvalue weighted by atomic mass is 9.48. The van der Waals surface area contributed by atoms with Gasteiger partial charge in [-0.25, -0.2) is 0 Å². The summed E-state index contributed by atoms with van der Waals surface area (Å²) in [6.07, 6.45) is 5.52. The lowest BCUT2D eigenvalue weighted by Gasteiger charge is -2.55.